The molecule has 2 nitrogen and oxygen atoms in total. The van der Waals surface area contributed by atoms with Gasteiger partial charge in [0.2, 0.25) is 0 Å². The summed E-state index contributed by atoms with van der Waals surface area (Å²) in [6, 6.07) is 4.20. The van der Waals surface area contributed by atoms with Crippen molar-refractivity contribution >= 4 is 11.3 Å². The molecule has 0 saturated carbocycles. The first-order valence-electron chi connectivity index (χ1n) is 4.61. The molecule has 1 aliphatic heterocycles. The van der Waals surface area contributed by atoms with Crippen molar-refractivity contribution in [2.24, 2.45) is 0 Å². The Bertz CT molecular complexity index is 282. The predicted molar refractivity (Wildman–Crippen MR) is 53.0 cm³/mol. The minimum Gasteiger partial charge on any atom is -0.393 e. The van der Waals surface area contributed by atoms with Crippen LogP contribution in [0.25, 0.3) is 0 Å². The monoisotopic (exact) mass is 198 g/mol. The third-order valence-corrected chi connectivity index (χ3v) is 3.43. The summed E-state index contributed by atoms with van der Waals surface area (Å²) in [6.45, 7) is 2.77. The highest BCUT2D eigenvalue weighted by molar-refractivity contribution is 7.12. The number of aliphatic hydroxyl groups is 1. The van der Waals surface area contributed by atoms with Crippen molar-refractivity contribution in [3.63, 3.8) is 0 Å². The lowest BCUT2D eigenvalue weighted by molar-refractivity contribution is -0.0431. The first-order valence-corrected chi connectivity index (χ1v) is 5.43. The van der Waals surface area contributed by atoms with E-state index in [0.29, 0.717) is 6.61 Å². The lowest BCUT2D eigenvalue weighted by Crippen LogP contribution is -2.22. The van der Waals surface area contributed by atoms with Gasteiger partial charge in [-0.25, -0.2) is 0 Å². The number of thiophene rings is 1. The summed E-state index contributed by atoms with van der Waals surface area (Å²) in [7, 11) is 0. The maximum Gasteiger partial charge on any atom is 0.0941 e. The lowest BCUT2D eigenvalue weighted by atomic mass is 10.1. The molecule has 1 aromatic rings. The number of aliphatic hydroxyl groups excluding tert-OH is 1. The summed E-state index contributed by atoms with van der Waals surface area (Å²) in [5.41, 5.74) is 0. The van der Waals surface area contributed by atoms with Gasteiger partial charge < -0.3 is 9.84 Å². The van der Waals surface area contributed by atoms with E-state index in [1.807, 2.05) is 0 Å². The second-order valence-corrected chi connectivity index (χ2v) is 4.81. The molecule has 0 spiro atoms. The molecule has 0 aromatic carbocycles. The molecular weight excluding hydrogens is 184 g/mol. The highest BCUT2D eigenvalue weighted by atomic mass is 32.1. The molecule has 2 atom stereocenters. The molecule has 0 aliphatic carbocycles. The van der Waals surface area contributed by atoms with Gasteiger partial charge in [0.05, 0.1) is 12.2 Å². The summed E-state index contributed by atoms with van der Waals surface area (Å²) in [5, 5.41) is 9.47. The van der Waals surface area contributed by atoms with E-state index >= 15 is 0 Å². The number of hydrogen-bond acceptors (Lipinski definition) is 3. The Balaban J connectivity index is 2.08. The SMILES string of the molecule is Cc1ccc(C2CC(O)CCO2)s1. The Morgan fingerprint density at radius 3 is 3.00 bits per heavy atom. The van der Waals surface area contributed by atoms with E-state index in [-0.39, 0.29) is 12.2 Å². The van der Waals surface area contributed by atoms with Crippen molar-refractivity contribution in [1.29, 1.82) is 0 Å². The zero-order valence-electron chi connectivity index (χ0n) is 7.69. The quantitative estimate of drug-likeness (QED) is 0.750. The van der Waals surface area contributed by atoms with Crippen molar-refractivity contribution in [3.8, 4) is 0 Å². The standard InChI is InChI=1S/C10H14O2S/c1-7-2-3-10(13-7)9-6-8(11)4-5-12-9/h2-3,8-9,11H,4-6H2,1H3. The molecule has 1 aromatic heterocycles. The molecule has 1 aliphatic rings. The average molecular weight is 198 g/mol. The second kappa shape index (κ2) is 3.78. The molecule has 0 bridgehead atoms. The Morgan fingerprint density at radius 2 is 2.38 bits per heavy atom. The van der Waals surface area contributed by atoms with Crippen LogP contribution in [0.1, 0.15) is 28.7 Å². The van der Waals surface area contributed by atoms with E-state index in [0.717, 1.165) is 12.8 Å². The molecule has 1 N–H and O–H groups in total. The van der Waals surface area contributed by atoms with Crippen LogP contribution >= 0.6 is 11.3 Å². The summed E-state index contributed by atoms with van der Waals surface area (Å²) in [4.78, 5) is 2.55. The molecule has 2 rings (SSSR count). The van der Waals surface area contributed by atoms with Gasteiger partial charge in [-0.1, -0.05) is 0 Å². The first kappa shape index (κ1) is 9.19. The molecule has 2 heterocycles. The minimum atomic E-state index is -0.179. The van der Waals surface area contributed by atoms with Crippen molar-refractivity contribution in [1.82, 2.24) is 0 Å². The number of rotatable bonds is 1. The van der Waals surface area contributed by atoms with Gasteiger partial charge in [-0.2, -0.15) is 0 Å². The van der Waals surface area contributed by atoms with Crippen LogP contribution in [0, 0.1) is 6.92 Å². The van der Waals surface area contributed by atoms with E-state index in [2.05, 4.69) is 19.1 Å². The van der Waals surface area contributed by atoms with Gasteiger partial charge in [-0.15, -0.1) is 11.3 Å². The van der Waals surface area contributed by atoms with Crippen LogP contribution in [0.4, 0.5) is 0 Å². The predicted octanol–water partition coefficient (Wildman–Crippen LogP) is 2.27. The van der Waals surface area contributed by atoms with E-state index in [9.17, 15) is 5.11 Å². The molecule has 1 fully saturated rings. The van der Waals surface area contributed by atoms with Crippen LogP contribution in [-0.4, -0.2) is 17.8 Å². The summed E-state index contributed by atoms with van der Waals surface area (Å²) >= 11 is 1.76. The van der Waals surface area contributed by atoms with Crippen LogP contribution in [0.2, 0.25) is 0 Å². The highest BCUT2D eigenvalue weighted by Crippen LogP contribution is 2.32. The van der Waals surface area contributed by atoms with Gasteiger partial charge >= 0.3 is 0 Å². The Kier molecular flexibility index (Phi) is 2.67. The Labute approximate surface area is 82.2 Å². The van der Waals surface area contributed by atoms with Gasteiger partial charge in [0, 0.05) is 22.8 Å². The number of aryl methyl sites for hydroxylation is 1. The fraction of sp³-hybridized carbons (Fsp3) is 0.600. The van der Waals surface area contributed by atoms with Gasteiger partial charge in [0.25, 0.3) is 0 Å². The number of hydrogen-bond donors (Lipinski definition) is 1. The summed E-state index contributed by atoms with van der Waals surface area (Å²) in [5.74, 6) is 0. The van der Waals surface area contributed by atoms with Crippen molar-refractivity contribution < 1.29 is 9.84 Å². The normalized spacial score (nSPS) is 29.1. The van der Waals surface area contributed by atoms with Gasteiger partial charge in [-0.05, 0) is 25.5 Å². The highest BCUT2D eigenvalue weighted by Gasteiger charge is 2.22. The molecule has 0 radical (unpaired) electrons. The van der Waals surface area contributed by atoms with Crippen molar-refractivity contribution in [2.75, 3.05) is 6.61 Å². The first-order chi connectivity index (χ1) is 6.25. The van der Waals surface area contributed by atoms with Crippen LogP contribution in [-0.2, 0) is 4.74 Å². The molecule has 2 unspecified atom stereocenters. The zero-order chi connectivity index (χ0) is 9.26. The largest absolute Gasteiger partial charge is 0.393 e. The van der Waals surface area contributed by atoms with Gasteiger partial charge in [-0.3, -0.25) is 0 Å². The van der Waals surface area contributed by atoms with Crippen molar-refractivity contribution in [2.45, 2.75) is 32.0 Å². The molecule has 0 amide bonds. The smallest absolute Gasteiger partial charge is 0.0941 e. The van der Waals surface area contributed by atoms with E-state index in [1.165, 1.54) is 9.75 Å². The van der Waals surface area contributed by atoms with Gasteiger partial charge in [0.15, 0.2) is 0 Å². The van der Waals surface area contributed by atoms with Crippen LogP contribution < -0.4 is 0 Å². The minimum absolute atomic E-state index is 0.127. The second-order valence-electron chi connectivity index (χ2n) is 3.49. The third-order valence-electron chi connectivity index (χ3n) is 2.33. The van der Waals surface area contributed by atoms with E-state index in [4.69, 9.17) is 4.74 Å². The van der Waals surface area contributed by atoms with E-state index < -0.39 is 0 Å². The zero-order valence-corrected chi connectivity index (χ0v) is 8.51. The van der Waals surface area contributed by atoms with Crippen LogP contribution in [0.15, 0.2) is 12.1 Å². The van der Waals surface area contributed by atoms with Crippen LogP contribution in [0.3, 0.4) is 0 Å². The average Bonchev–Trinajstić information content (AvgIpc) is 2.52. The van der Waals surface area contributed by atoms with E-state index in [1.54, 1.807) is 11.3 Å². The molecule has 72 valence electrons. The fourth-order valence-corrected chi connectivity index (χ4v) is 2.54. The van der Waals surface area contributed by atoms with Crippen LogP contribution in [0.5, 0.6) is 0 Å². The maximum absolute atomic E-state index is 9.47. The molecule has 1 saturated heterocycles. The third kappa shape index (κ3) is 2.10. The Hall–Kier alpha value is -0.380. The topological polar surface area (TPSA) is 29.5 Å². The van der Waals surface area contributed by atoms with Gasteiger partial charge in [0.1, 0.15) is 0 Å². The molecular formula is C10H14O2S. The summed E-state index contributed by atoms with van der Waals surface area (Å²) in [6.07, 6.45) is 1.48. The summed E-state index contributed by atoms with van der Waals surface area (Å²) < 4.78 is 5.60. The fourth-order valence-electron chi connectivity index (χ4n) is 1.60. The molecule has 13 heavy (non-hydrogen) atoms. The number of ether oxygens (including phenoxy) is 1. The maximum atomic E-state index is 9.47. The molecule has 3 heteroatoms. The lowest BCUT2D eigenvalue weighted by Gasteiger charge is -2.25. The van der Waals surface area contributed by atoms with Crippen molar-refractivity contribution in [3.05, 3.63) is 21.9 Å². The Morgan fingerprint density at radius 1 is 1.54 bits per heavy atom.